The average molecular weight is 533 g/mol. The quantitative estimate of drug-likeness (QED) is 0.185. The Bertz CT molecular complexity index is 1680. The van der Waals surface area contributed by atoms with Crippen LogP contribution in [0.1, 0.15) is 10.4 Å². The number of benzene rings is 3. The molecule has 0 fully saturated rings. The molecule has 0 bridgehead atoms. The number of H-pyrrole nitrogens is 1. The van der Waals surface area contributed by atoms with Gasteiger partial charge >= 0.3 is 5.97 Å². The first-order chi connectivity index (χ1) is 17.7. The molecule has 9 nitrogen and oxygen atoms in total. The minimum Gasteiger partial charge on any atom is -0.478 e. The molecular weight excluding hydrogens is 511 g/mol. The molecule has 0 spiro atoms. The Kier molecular flexibility index (Phi) is 6.41. The van der Waals surface area contributed by atoms with Crippen molar-refractivity contribution in [1.82, 2.24) is 20.2 Å². The van der Waals surface area contributed by atoms with Crippen LogP contribution in [0.2, 0.25) is 5.02 Å². The highest BCUT2D eigenvalue weighted by atomic mass is 35.5. The fraction of sp³-hybridized carbons (Fsp3) is 0.0769. The number of nitrogens with zero attached hydrogens (tertiary/aromatic N) is 3. The molecule has 4 N–H and O–H groups in total. The first-order valence-corrected chi connectivity index (χ1v) is 14.2. The van der Waals surface area contributed by atoms with Gasteiger partial charge in [0.05, 0.1) is 28.7 Å². The highest BCUT2D eigenvalue weighted by molar-refractivity contribution is 7.70. The van der Waals surface area contributed by atoms with Crippen molar-refractivity contribution in [3.8, 4) is 11.3 Å². The summed E-state index contributed by atoms with van der Waals surface area (Å²) in [6.07, 6.45) is 1.49. The summed E-state index contributed by atoms with van der Waals surface area (Å²) in [5.74, 6) is -0.289. The number of hydrogen-bond donors (Lipinski definition) is 4. The molecule has 0 aliphatic carbocycles. The fourth-order valence-corrected chi connectivity index (χ4v) is 5.20. The normalized spacial score (nSPS) is 11.4. The van der Waals surface area contributed by atoms with E-state index < -0.39 is 13.1 Å². The number of fused-ring (bicyclic) bond motifs is 1. The van der Waals surface area contributed by atoms with E-state index >= 15 is 0 Å². The molecule has 0 saturated heterocycles. The van der Waals surface area contributed by atoms with E-state index in [1.54, 1.807) is 37.6 Å². The number of aromatic nitrogens is 4. The van der Waals surface area contributed by atoms with Gasteiger partial charge in [-0.15, -0.1) is 0 Å². The molecule has 2 heterocycles. The molecule has 0 atom stereocenters. The summed E-state index contributed by atoms with van der Waals surface area (Å²) in [6, 6.07) is 19.5. The molecule has 0 aliphatic rings. The molecule has 37 heavy (non-hydrogen) atoms. The van der Waals surface area contributed by atoms with Gasteiger partial charge in [-0.2, -0.15) is 10.1 Å². The monoisotopic (exact) mass is 532 g/mol. The van der Waals surface area contributed by atoms with Crippen molar-refractivity contribution in [3.63, 3.8) is 0 Å². The lowest BCUT2D eigenvalue weighted by atomic mass is 10.1. The summed E-state index contributed by atoms with van der Waals surface area (Å²) in [7, 11) is -2.53. The van der Waals surface area contributed by atoms with Crippen molar-refractivity contribution in [2.75, 3.05) is 24.0 Å². The van der Waals surface area contributed by atoms with Crippen LogP contribution < -0.4 is 15.9 Å². The van der Waals surface area contributed by atoms with Crippen LogP contribution in [0, 0.1) is 0 Å². The topological polar surface area (TPSA) is 133 Å². The third kappa shape index (κ3) is 5.18. The lowest BCUT2D eigenvalue weighted by Gasteiger charge is -2.15. The molecule has 0 saturated carbocycles. The maximum atomic E-state index is 12.7. The number of rotatable bonds is 7. The van der Waals surface area contributed by atoms with Gasteiger partial charge in [0.15, 0.2) is 5.82 Å². The summed E-state index contributed by atoms with van der Waals surface area (Å²) in [5, 5.41) is 24.8. The van der Waals surface area contributed by atoms with Crippen molar-refractivity contribution in [1.29, 1.82) is 0 Å². The summed E-state index contributed by atoms with van der Waals surface area (Å²) in [6.45, 7) is 3.42. The lowest BCUT2D eigenvalue weighted by Crippen LogP contribution is -2.10. The molecule has 5 aromatic rings. The number of halogens is 1. The van der Waals surface area contributed by atoms with Crippen molar-refractivity contribution in [2.45, 2.75) is 0 Å². The van der Waals surface area contributed by atoms with Crippen LogP contribution in [-0.2, 0) is 4.57 Å². The van der Waals surface area contributed by atoms with E-state index in [0.29, 0.717) is 33.5 Å². The number of anilines is 4. The first-order valence-electron chi connectivity index (χ1n) is 11.2. The zero-order valence-electron chi connectivity index (χ0n) is 19.9. The van der Waals surface area contributed by atoms with Crippen LogP contribution in [0.25, 0.3) is 22.2 Å². The van der Waals surface area contributed by atoms with Crippen LogP contribution in [0.15, 0.2) is 72.9 Å². The van der Waals surface area contributed by atoms with E-state index in [-0.39, 0.29) is 5.56 Å². The minimum atomic E-state index is -2.53. The highest BCUT2D eigenvalue weighted by Crippen LogP contribution is 2.38. The summed E-state index contributed by atoms with van der Waals surface area (Å²) >= 11 is 6.36. The van der Waals surface area contributed by atoms with Gasteiger partial charge in [-0.3, -0.25) is 5.10 Å². The number of nitrogens with one attached hydrogen (secondary N) is 3. The number of hydrogen-bond acceptors (Lipinski definition) is 7. The maximum absolute atomic E-state index is 12.7. The largest absolute Gasteiger partial charge is 0.478 e. The molecule has 0 radical (unpaired) electrons. The fourth-order valence-electron chi connectivity index (χ4n) is 3.90. The number of aromatic carboxylic acids is 1. The van der Waals surface area contributed by atoms with Crippen LogP contribution in [0.3, 0.4) is 0 Å². The Hall–Kier alpha value is -4.20. The van der Waals surface area contributed by atoms with Crippen molar-refractivity contribution in [2.24, 2.45) is 0 Å². The van der Waals surface area contributed by atoms with Gasteiger partial charge in [-0.05, 0) is 55.8 Å². The van der Waals surface area contributed by atoms with Crippen molar-refractivity contribution in [3.05, 3.63) is 83.5 Å². The van der Waals surface area contributed by atoms with Gasteiger partial charge in [-0.1, -0.05) is 35.9 Å². The molecule has 0 unspecified atom stereocenters. The predicted octanol–water partition coefficient (Wildman–Crippen LogP) is 6.11. The van der Waals surface area contributed by atoms with Gasteiger partial charge in [0, 0.05) is 21.9 Å². The van der Waals surface area contributed by atoms with Gasteiger partial charge in [0.25, 0.3) is 0 Å². The Morgan fingerprint density at radius 3 is 2.51 bits per heavy atom. The first kappa shape index (κ1) is 24.5. The number of carboxylic acid groups (broad SMARTS) is 1. The number of para-hydroxylation sites is 1. The molecular formula is C26H22ClN6O3P. The van der Waals surface area contributed by atoms with Crippen LogP contribution >= 0.6 is 18.7 Å². The van der Waals surface area contributed by atoms with Crippen LogP contribution in [-0.4, -0.2) is 44.6 Å². The predicted molar refractivity (Wildman–Crippen MR) is 148 cm³/mol. The third-order valence-electron chi connectivity index (χ3n) is 5.71. The zero-order chi connectivity index (χ0) is 26.2. The Balaban J connectivity index is 1.44. The molecule has 186 valence electrons. The Morgan fingerprint density at radius 1 is 1.03 bits per heavy atom. The van der Waals surface area contributed by atoms with Gasteiger partial charge in [0.2, 0.25) is 5.95 Å². The third-order valence-corrected chi connectivity index (χ3v) is 7.53. The van der Waals surface area contributed by atoms with E-state index in [2.05, 4.69) is 30.8 Å². The Labute approximate surface area is 217 Å². The minimum absolute atomic E-state index is 0.207. The van der Waals surface area contributed by atoms with E-state index in [9.17, 15) is 9.36 Å². The summed E-state index contributed by atoms with van der Waals surface area (Å²) in [4.78, 5) is 20.0. The number of carboxylic acids is 1. The second kappa shape index (κ2) is 9.69. The number of aromatic amines is 1. The lowest BCUT2D eigenvalue weighted by molar-refractivity contribution is 0.0697. The molecule has 0 aliphatic heterocycles. The van der Waals surface area contributed by atoms with E-state index in [4.69, 9.17) is 16.7 Å². The molecule has 3 aromatic carbocycles. The molecule has 0 amide bonds. The zero-order valence-corrected chi connectivity index (χ0v) is 21.5. The second-order valence-corrected chi connectivity index (χ2v) is 12.3. The smallest absolute Gasteiger partial charge is 0.335 e. The van der Waals surface area contributed by atoms with Gasteiger partial charge in [0.1, 0.15) is 12.2 Å². The standard InChI is InChI=1S/C26H22ClN6O3P/c1-37(2,36)22-6-4-3-5-21(22)30-24-19(27)14-28-26(31-24)29-17-11-12-20-18(13-17)23(33-32-20)15-7-9-16(10-8-15)25(34)35/h3-14H,1-2H3,(H,32,33)(H,34,35)(H2,28,29,30,31). The van der Waals surface area contributed by atoms with Crippen LogP contribution in [0.4, 0.5) is 23.1 Å². The van der Waals surface area contributed by atoms with E-state index in [1.165, 1.54) is 6.20 Å². The van der Waals surface area contributed by atoms with Gasteiger partial charge < -0.3 is 20.3 Å². The number of carbonyl (C=O) groups is 1. The Morgan fingerprint density at radius 2 is 1.78 bits per heavy atom. The maximum Gasteiger partial charge on any atom is 0.335 e. The molecule has 11 heteroatoms. The second-order valence-electron chi connectivity index (χ2n) is 8.72. The van der Waals surface area contributed by atoms with Crippen LogP contribution in [0.5, 0.6) is 0 Å². The van der Waals surface area contributed by atoms with Crippen molar-refractivity contribution < 1.29 is 14.5 Å². The average Bonchev–Trinajstić information content (AvgIpc) is 3.29. The SMILES string of the molecule is CP(C)(=O)c1ccccc1Nc1nc(Nc2ccc3[nH]nc(-c4ccc(C(=O)O)cc4)c3c2)ncc1Cl. The summed E-state index contributed by atoms with van der Waals surface area (Å²) in [5.41, 5.74) is 3.89. The molecule has 2 aromatic heterocycles. The van der Waals surface area contributed by atoms with E-state index in [0.717, 1.165) is 22.2 Å². The van der Waals surface area contributed by atoms with Crippen molar-refractivity contribution >= 4 is 64.1 Å². The van der Waals surface area contributed by atoms with Gasteiger partial charge in [-0.25, -0.2) is 9.78 Å². The summed E-state index contributed by atoms with van der Waals surface area (Å²) < 4.78 is 12.7. The highest BCUT2D eigenvalue weighted by Gasteiger charge is 2.17. The molecule has 5 rings (SSSR count). The van der Waals surface area contributed by atoms with E-state index in [1.807, 2.05) is 42.5 Å².